The molecule has 3 N–H and O–H groups in total. The number of phenolic OH excluding ortho intramolecular Hbond substituents is 1. The van der Waals surface area contributed by atoms with Crippen LogP contribution in [0.2, 0.25) is 0 Å². The van der Waals surface area contributed by atoms with Crippen LogP contribution in [0.5, 0.6) is 5.75 Å². The number of carboxylic acid groups (broad SMARTS) is 1. The van der Waals surface area contributed by atoms with Gasteiger partial charge in [-0.1, -0.05) is 12.1 Å². The lowest BCUT2D eigenvalue weighted by atomic mass is 10.1. The Balaban J connectivity index is 1.99. The first kappa shape index (κ1) is 13.5. The first-order valence-electron chi connectivity index (χ1n) is 5.82. The first-order valence-corrected chi connectivity index (χ1v) is 5.82. The van der Waals surface area contributed by atoms with Gasteiger partial charge in [-0.25, -0.2) is 9.78 Å². The highest BCUT2D eigenvalue weighted by Gasteiger charge is 2.07. The quantitative estimate of drug-likeness (QED) is 0.786. The number of aromatic carboxylic acids is 1. The Labute approximate surface area is 114 Å². The molecule has 1 amide bonds. The molecule has 0 saturated heterocycles. The molecule has 0 aliphatic heterocycles. The van der Waals surface area contributed by atoms with Crippen molar-refractivity contribution in [3.8, 4) is 5.75 Å². The van der Waals surface area contributed by atoms with Gasteiger partial charge in [-0.2, -0.15) is 0 Å². The monoisotopic (exact) mass is 272 g/mol. The number of carbonyl (C=O) groups excluding carboxylic acids is 1. The largest absolute Gasteiger partial charge is 0.508 e. The van der Waals surface area contributed by atoms with Crippen LogP contribution in [0.4, 0.5) is 5.69 Å². The molecule has 0 atom stereocenters. The van der Waals surface area contributed by atoms with Gasteiger partial charge in [0, 0.05) is 0 Å². The minimum atomic E-state index is -1.12. The van der Waals surface area contributed by atoms with Crippen LogP contribution in [-0.2, 0) is 11.2 Å². The fourth-order valence-electron chi connectivity index (χ4n) is 1.65. The topological polar surface area (TPSA) is 99.5 Å². The Morgan fingerprint density at radius 3 is 2.60 bits per heavy atom. The van der Waals surface area contributed by atoms with Crippen LogP contribution in [0.15, 0.2) is 42.6 Å². The van der Waals surface area contributed by atoms with Crippen LogP contribution < -0.4 is 5.32 Å². The van der Waals surface area contributed by atoms with Crippen LogP contribution in [-0.4, -0.2) is 27.1 Å². The van der Waals surface area contributed by atoms with E-state index in [1.54, 1.807) is 12.1 Å². The Hall–Kier alpha value is -2.89. The van der Waals surface area contributed by atoms with Crippen molar-refractivity contribution < 1.29 is 19.8 Å². The summed E-state index contributed by atoms with van der Waals surface area (Å²) < 4.78 is 0. The van der Waals surface area contributed by atoms with Crippen LogP contribution in [0.25, 0.3) is 0 Å². The number of benzene rings is 1. The number of rotatable bonds is 4. The van der Waals surface area contributed by atoms with Crippen molar-refractivity contribution in [2.45, 2.75) is 6.42 Å². The third-order valence-electron chi connectivity index (χ3n) is 2.54. The van der Waals surface area contributed by atoms with E-state index >= 15 is 0 Å². The zero-order valence-electron chi connectivity index (χ0n) is 10.4. The van der Waals surface area contributed by atoms with Crippen molar-refractivity contribution in [2.75, 3.05) is 5.32 Å². The number of nitrogens with zero attached hydrogens (tertiary/aromatic N) is 1. The molecule has 0 bridgehead atoms. The van der Waals surface area contributed by atoms with Crippen LogP contribution >= 0.6 is 0 Å². The second kappa shape index (κ2) is 5.83. The van der Waals surface area contributed by atoms with Crippen LogP contribution in [0.3, 0.4) is 0 Å². The zero-order valence-corrected chi connectivity index (χ0v) is 10.4. The fraction of sp³-hybridized carbons (Fsp3) is 0.0714. The second-order valence-electron chi connectivity index (χ2n) is 4.13. The molecule has 1 heterocycles. The Bertz CT molecular complexity index is 638. The van der Waals surface area contributed by atoms with Crippen molar-refractivity contribution in [1.29, 1.82) is 0 Å². The van der Waals surface area contributed by atoms with Gasteiger partial charge in [0.05, 0.1) is 18.3 Å². The number of phenols is 1. The highest BCUT2D eigenvalue weighted by atomic mass is 16.4. The number of hydrogen-bond acceptors (Lipinski definition) is 4. The molecule has 0 saturated carbocycles. The maximum Gasteiger partial charge on any atom is 0.354 e. The van der Waals surface area contributed by atoms with E-state index in [1.807, 2.05) is 0 Å². The maximum atomic E-state index is 11.8. The van der Waals surface area contributed by atoms with E-state index in [2.05, 4.69) is 10.3 Å². The van der Waals surface area contributed by atoms with E-state index < -0.39 is 5.97 Å². The molecule has 1 aromatic carbocycles. The van der Waals surface area contributed by atoms with Gasteiger partial charge in [0.15, 0.2) is 0 Å². The van der Waals surface area contributed by atoms with Crippen molar-refractivity contribution in [1.82, 2.24) is 4.98 Å². The summed E-state index contributed by atoms with van der Waals surface area (Å²) in [4.78, 5) is 26.1. The number of pyridine rings is 1. The standard InChI is InChI=1S/C14H12N2O4/c17-11-3-1-2-9(6-11)7-13(18)16-10-4-5-12(14(19)20)15-8-10/h1-6,8,17H,7H2,(H,16,18)(H,19,20). The SMILES string of the molecule is O=C(Cc1cccc(O)c1)Nc1ccc(C(=O)O)nc1. The number of carboxylic acids is 1. The van der Waals surface area contributed by atoms with E-state index in [0.29, 0.717) is 11.3 Å². The second-order valence-corrected chi connectivity index (χ2v) is 4.13. The number of amides is 1. The van der Waals surface area contributed by atoms with Gasteiger partial charge >= 0.3 is 5.97 Å². The predicted molar refractivity (Wildman–Crippen MR) is 71.6 cm³/mol. The first-order chi connectivity index (χ1) is 9.54. The van der Waals surface area contributed by atoms with Crippen molar-refractivity contribution in [2.24, 2.45) is 0 Å². The molecule has 0 fully saturated rings. The lowest BCUT2D eigenvalue weighted by Crippen LogP contribution is -2.14. The number of aromatic hydroxyl groups is 1. The van der Waals surface area contributed by atoms with E-state index in [1.165, 1.54) is 30.5 Å². The summed E-state index contributed by atoms with van der Waals surface area (Å²) in [6, 6.07) is 9.19. The molecule has 0 aliphatic carbocycles. The van der Waals surface area contributed by atoms with Gasteiger partial charge in [0.1, 0.15) is 11.4 Å². The van der Waals surface area contributed by atoms with E-state index in [-0.39, 0.29) is 23.8 Å². The molecule has 1 aromatic heterocycles. The molecular formula is C14H12N2O4. The van der Waals surface area contributed by atoms with Crippen molar-refractivity contribution in [3.05, 3.63) is 53.9 Å². The highest BCUT2D eigenvalue weighted by Crippen LogP contribution is 2.12. The molecule has 102 valence electrons. The molecule has 0 aliphatic rings. The lowest BCUT2D eigenvalue weighted by Gasteiger charge is -2.05. The van der Waals surface area contributed by atoms with E-state index in [0.717, 1.165) is 0 Å². The number of hydrogen-bond donors (Lipinski definition) is 3. The smallest absolute Gasteiger partial charge is 0.354 e. The number of aromatic nitrogens is 1. The minimum absolute atomic E-state index is 0.0871. The Morgan fingerprint density at radius 1 is 1.20 bits per heavy atom. The number of anilines is 1. The highest BCUT2D eigenvalue weighted by molar-refractivity contribution is 5.92. The van der Waals surface area contributed by atoms with Crippen LogP contribution in [0, 0.1) is 0 Å². The maximum absolute atomic E-state index is 11.8. The molecule has 2 aromatic rings. The molecule has 6 heteroatoms. The summed E-state index contributed by atoms with van der Waals surface area (Å²) in [6.07, 6.45) is 1.39. The zero-order chi connectivity index (χ0) is 14.5. The van der Waals surface area contributed by atoms with Crippen molar-refractivity contribution >= 4 is 17.6 Å². The normalized spacial score (nSPS) is 10.0. The minimum Gasteiger partial charge on any atom is -0.508 e. The van der Waals surface area contributed by atoms with Crippen molar-refractivity contribution in [3.63, 3.8) is 0 Å². The summed E-state index contributed by atoms with van der Waals surface area (Å²) in [5.74, 6) is -1.30. The van der Waals surface area contributed by atoms with Gasteiger partial charge in [0.25, 0.3) is 0 Å². The molecule has 0 unspecified atom stereocenters. The summed E-state index contributed by atoms with van der Waals surface area (Å²) in [6.45, 7) is 0. The molecule has 20 heavy (non-hydrogen) atoms. The molecule has 2 rings (SSSR count). The third-order valence-corrected chi connectivity index (χ3v) is 2.54. The fourth-order valence-corrected chi connectivity index (χ4v) is 1.65. The molecule has 0 spiro atoms. The molecule has 6 nitrogen and oxygen atoms in total. The molecule has 0 radical (unpaired) electrons. The number of nitrogens with one attached hydrogen (secondary N) is 1. The summed E-state index contributed by atoms with van der Waals surface area (Å²) in [7, 11) is 0. The summed E-state index contributed by atoms with van der Waals surface area (Å²) >= 11 is 0. The van der Waals surface area contributed by atoms with Gasteiger partial charge in [-0.05, 0) is 29.8 Å². The van der Waals surface area contributed by atoms with Gasteiger partial charge in [-0.3, -0.25) is 4.79 Å². The van der Waals surface area contributed by atoms with E-state index in [9.17, 15) is 14.7 Å². The Kier molecular flexibility index (Phi) is 3.95. The van der Waals surface area contributed by atoms with Gasteiger partial charge in [-0.15, -0.1) is 0 Å². The third kappa shape index (κ3) is 3.55. The average Bonchev–Trinajstić information content (AvgIpc) is 2.39. The summed E-state index contributed by atoms with van der Waals surface area (Å²) in [5, 5.41) is 20.6. The predicted octanol–water partition coefficient (Wildman–Crippen LogP) is 1.67. The van der Waals surface area contributed by atoms with Crippen LogP contribution in [0.1, 0.15) is 16.1 Å². The Morgan fingerprint density at radius 2 is 2.00 bits per heavy atom. The van der Waals surface area contributed by atoms with E-state index in [4.69, 9.17) is 5.11 Å². The average molecular weight is 272 g/mol. The summed E-state index contributed by atoms with van der Waals surface area (Å²) in [5.41, 5.74) is 1.01. The van der Waals surface area contributed by atoms with Gasteiger partial charge < -0.3 is 15.5 Å². The van der Waals surface area contributed by atoms with Gasteiger partial charge in [0.2, 0.25) is 5.91 Å². The lowest BCUT2D eigenvalue weighted by molar-refractivity contribution is -0.115. The molecular weight excluding hydrogens is 260 g/mol. The number of carbonyl (C=O) groups is 2.